The lowest BCUT2D eigenvalue weighted by atomic mass is 9.93. The van der Waals surface area contributed by atoms with Crippen molar-refractivity contribution < 1.29 is 40.8 Å². The van der Waals surface area contributed by atoms with E-state index in [2.05, 4.69) is 0 Å². The van der Waals surface area contributed by atoms with Crippen molar-refractivity contribution >= 4 is 19.8 Å². The normalized spacial score (nSPS) is 13.0. The van der Waals surface area contributed by atoms with Gasteiger partial charge in [0.25, 0.3) is 0 Å². The summed E-state index contributed by atoms with van der Waals surface area (Å²) in [5.41, 5.74) is -5.85. The van der Waals surface area contributed by atoms with Crippen molar-refractivity contribution in [3.63, 3.8) is 0 Å². The van der Waals surface area contributed by atoms with Crippen LogP contribution in [0.4, 0.5) is 17.6 Å². The summed E-state index contributed by atoms with van der Waals surface area (Å²) in [5.74, 6) is -11.4. The van der Waals surface area contributed by atoms with Crippen molar-refractivity contribution in [3.05, 3.63) is 71.8 Å². The van der Waals surface area contributed by atoms with E-state index in [-0.39, 0.29) is 0 Å². The molecular formula is C22H22F4O5P+. The number of carbonyl (C=O) groups is 2. The van der Waals surface area contributed by atoms with Gasteiger partial charge in [-0.3, -0.25) is 9.59 Å². The summed E-state index contributed by atoms with van der Waals surface area (Å²) in [6, 6.07) is 12.4. The standard InChI is InChI=1S/C22H22F4O5P/c1-19(2,17(27)21(23,24)15-11-7-5-8-12-15)30-32(29)31-20(3,4)18(28)22(25,26)16-13-9-6-10-14-16/h5-14H,1-4H3/q+1. The van der Waals surface area contributed by atoms with E-state index in [4.69, 9.17) is 9.05 Å². The van der Waals surface area contributed by atoms with Gasteiger partial charge in [0.2, 0.25) is 11.6 Å². The maximum absolute atomic E-state index is 14.6. The Morgan fingerprint density at radius 3 is 1.22 bits per heavy atom. The van der Waals surface area contributed by atoms with Gasteiger partial charge in [0.05, 0.1) is 0 Å². The second-order valence-corrected chi connectivity index (χ2v) is 8.78. The van der Waals surface area contributed by atoms with E-state index in [0.717, 1.165) is 52.0 Å². The fraction of sp³-hybridized carbons (Fsp3) is 0.364. The van der Waals surface area contributed by atoms with E-state index >= 15 is 0 Å². The molecule has 32 heavy (non-hydrogen) atoms. The summed E-state index contributed by atoms with van der Waals surface area (Å²) in [5, 5.41) is 0. The van der Waals surface area contributed by atoms with Gasteiger partial charge in [-0.1, -0.05) is 60.7 Å². The van der Waals surface area contributed by atoms with Crippen LogP contribution in [-0.2, 0) is 35.0 Å². The maximum Gasteiger partial charge on any atom is 0.699 e. The molecule has 0 bridgehead atoms. The largest absolute Gasteiger partial charge is 0.699 e. The van der Waals surface area contributed by atoms with E-state index in [1.165, 1.54) is 36.4 Å². The average Bonchev–Trinajstić information content (AvgIpc) is 2.72. The van der Waals surface area contributed by atoms with Gasteiger partial charge in [0.1, 0.15) is 0 Å². The number of benzene rings is 2. The minimum atomic E-state index is -3.98. The number of hydrogen-bond acceptors (Lipinski definition) is 5. The molecule has 0 saturated heterocycles. The van der Waals surface area contributed by atoms with Crippen molar-refractivity contribution in [1.82, 2.24) is 0 Å². The molecule has 10 heteroatoms. The second kappa shape index (κ2) is 9.17. The summed E-state index contributed by atoms with van der Waals surface area (Å²) in [4.78, 5) is 24.8. The summed E-state index contributed by atoms with van der Waals surface area (Å²) in [6.45, 7) is 3.76. The van der Waals surface area contributed by atoms with E-state index in [1.54, 1.807) is 0 Å². The molecule has 0 saturated carbocycles. The van der Waals surface area contributed by atoms with Crippen LogP contribution < -0.4 is 0 Å². The molecule has 0 aromatic heterocycles. The van der Waals surface area contributed by atoms with Crippen molar-refractivity contribution in [3.8, 4) is 0 Å². The first-order valence-electron chi connectivity index (χ1n) is 9.44. The molecule has 0 atom stereocenters. The molecule has 0 radical (unpaired) electrons. The lowest BCUT2D eigenvalue weighted by Crippen LogP contribution is -2.45. The van der Waals surface area contributed by atoms with Crippen molar-refractivity contribution in [1.29, 1.82) is 0 Å². The number of alkyl halides is 4. The van der Waals surface area contributed by atoms with E-state index in [1.807, 2.05) is 0 Å². The van der Waals surface area contributed by atoms with Crippen molar-refractivity contribution in [2.75, 3.05) is 0 Å². The Morgan fingerprint density at radius 1 is 0.656 bits per heavy atom. The monoisotopic (exact) mass is 473 g/mol. The molecule has 0 aliphatic carbocycles. The predicted molar refractivity (Wildman–Crippen MR) is 109 cm³/mol. The van der Waals surface area contributed by atoms with Gasteiger partial charge in [0.15, 0.2) is 11.2 Å². The molecule has 2 aromatic carbocycles. The quantitative estimate of drug-likeness (QED) is 0.315. The molecule has 0 aliphatic heterocycles. The molecule has 172 valence electrons. The highest BCUT2D eigenvalue weighted by molar-refractivity contribution is 7.33. The summed E-state index contributed by atoms with van der Waals surface area (Å²) in [6.07, 6.45) is 0. The van der Waals surface area contributed by atoms with E-state index < -0.39 is 54.0 Å². The third-order valence-corrected chi connectivity index (χ3v) is 5.75. The van der Waals surface area contributed by atoms with Crippen LogP contribution in [-0.4, -0.2) is 22.8 Å². The fourth-order valence-electron chi connectivity index (χ4n) is 2.79. The Bertz CT molecular complexity index is 912. The average molecular weight is 473 g/mol. The zero-order valence-electron chi connectivity index (χ0n) is 17.8. The molecule has 0 fully saturated rings. The van der Waals surface area contributed by atoms with Crippen LogP contribution in [0.1, 0.15) is 38.8 Å². The van der Waals surface area contributed by atoms with Gasteiger partial charge < -0.3 is 0 Å². The minimum Gasteiger partial charge on any atom is -0.289 e. The Hall–Kier alpha value is -2.48. The molecule has 2 rings (SSSR count). The Morgan fingerprint density at radius 2 is 0.938 bits per heavy atom. The number of Topliss-reactive ketones (excluding diaryl/α,β-unsaturated/α-hetero) is 2. The number of halogens is 4. The number of carbonyl (C=O) groups excluding carboxylic acids is 2. The lowest BCUT2D eigenvalue weighted by Gasteiger charge is -2.25. The Labute approximate surface area is 183 Å². The zero-order chi connectivity index (χ0) is 24.4. The van der Waals surface area contributed by atoms with Gasteiger partial charge in [-0.25, -0.2) is 0 Å². The first-order valence-corrected chi connectivity index (χ1v) is 10.5. The summed E-state index contributed by atoms with van der Waals surface area (Å²) < 4.78 is 80.4. The highest BCUT2D eigenvalue weighted by Gasteiger charge is 2.57. The van der Waals surface area contributed by atoms with Crippen LogP contribution in [0.2, 0.25) is 0 Å². The van der Waals surface area contributed by atoms with Crippen LogP contribution in [0.15, 0.2) is 60.7 Å². The smallest absolute Gasteiger partial charge is 0.289 e. The van der Waals surface area contributed by atoms with Gasteiger partial charge >= 0.3 is 20.1 Å². The highest BCUT2D eigenvalue weighted by atomic mass is 31.1. The molecule has 0 heterocycles. The number of ketones is 2. The van der Waals surface area contributed by atoms with Crippen LogP contribution in [0.5, 0.6) is 0 Å². The molecule has 0 unspecified atom stereocenters. The van der Waals surface area contributed by atoms with Gasteiger partial charge in [-0.05, 0) is 27.7 Å². The summed E-state index contributed by atoms with van der Waals surface area (Å²) in [7, 11) is -3.41. The SMILES string of the molecule is CC(C)(O[P+](=O)OC(C)(C)C(=O)C(F)(F)c1ccccc1)C(=O)C(F)(F)c1ccccc1. The Balaban J connectivity index is 2.16. The third kappa shape index (κ3) is 5.46. The Kier molecular flexibility index (Phi) is 7.39. The maximum atomic E-state index is 14.6. The van der Waals surface area contributed by atoms with Crippen molar-refractivity contribution in [2.45, 2.75) is 50.7 Å². The number of rotatable bonds is 10. The topological polar surface area (TPSA) is 69.7 Å². The van der Waals surface area contributed by atoms with Crippen LogP contribution in [0.3, 0.4) is 0 Å². The van der Waals surface area contributed by atoms with Gasteiger partial charge in [-0.15, -0.1) is 9.05 Å². The van der Waals surface area contributed by atoms with Crippen LogP contribution >= 0.6 is 8.25 Å². The first kappa shape index (κ1) is 25.8. The molecule has 0 aliphatic rings. The van der Waals surface area contributed by atoms with Gasteiger partial charge in [0, 0.05) is 15.7 Å². The minimum absolute atomic E-state index is 0.601. The first-order chi connectivity index (χ1) is 14.6. The molecular weight excluding hydrogens is 451 g/mol. The van der Waals surface area contributed by atoms with Crippen molar-refractivity contribution in [2.24, 2.45) is 0 Å². The highest BCUT2D eigenvalue weighted by Crippen LogP contribution is 2.43. The lowest BCUT2D eigenvalue weighted by molar-refractivity contribution is -0.162. The second-order valence-electron chi connectivity index (χ2n) is 7.97. The fourth-order valence-corrected chi connectivity index (χ4v) is 3.74. The summed E-state index contributed by atoms with van der Waals surface area (Å²) >= 11 is 0. The van der Waals surface area contributed by atoms with Crippen LogP contribution in [0.25, 0.3) is 0 Å². The van der Waals surface area contributed by atoms with Crippen LogP contribution in [0, 0.1) is 0 Å². The number of hydrogen-bond donors (Lipinski definition) is 0. The van der Waals surface area contributed by atoms with Gasteiger partial charge in [-0.2, -0.15) is 17.6 Å². The van der Waals surface area contributed by atoms with E-state index in [9.17, 15) is 31.7 Å². The third-order valence-electron chi connectivity index (χ3n) is 4.54. The molecule has 0 spiro atoms. The van der Waals surface area contributed by atoms with E-state index in [0.29, 0.717) is 0 Å². The molecule has 2 aromatic rings. The zero-order valence-corrected chi connectivity index (χ0v) is 18.7. The predicted octanol–water partition coefficient (Wildman–Crippen LogP) is 5.96. The molecule has 5 nitrogen and oxygen atoms in total. The molecule has 0 amide bonds. The molecule has 0 N–H and O–H groups in total.